The van der Waals surface area contributed by atoms with Crippen LogP contribution < -0.4 is 15.4 Å². The highest BCUT2D eigenvalue weighted by molar-refractivity contribution is 5.63. The number of rotatable bonds is 5. The first-order valence-electron chi connectivity index (χ1n) is 8.05. The molecule has 0 amide bonds. The van der Waals surface area contributed by atoms with E-state index in [1.807, 2.05) is 0 Å². The molecule has 2 N–H and O–H groups in total. The number of aryl methyl sites for hydroxylation is 1. The smallest absolute Gasteiger partial charge is 0.418 e. The lowest BCUT2D eigenvalue weighted by Crippen LogP contribution is -2.09. The van der Waals surface area contributed by atoms with Gasteiger partial charge < -0.3 is 15.4 Å². The van der Waals surface area contributed by atoms with E-state index >= 15 is 0 Å². The van der Waals surface area contributed by atoms with E-state index in [1.54, 1.807) is 44.4 Å². The molecule has 140 valence electrons. The molecular weight excluding hydrogens is 357 g/mol. The van der Waals surface area contributed by atoms with Crippen LogP contribution in [0.3, 0.4) is 0 Å². The zero-order valence-corrected chi connectivity index (χ0v) is 14.6. The number of nitrogens with one attached hydrogen (secondary N) is 2. The molecule has 0 unspecified atom stereocenters. The van der Waals surface area contributed by atoms with Gasteiger partial charge in [0, 0.05) is 17.4 Å². The zero-order valence-electron chi connectivity index (χ0n) is 14.6. The van der Waals surface area contributed by atoms with Gasteiger partial charge in [-0.1, -0.05) is 12.1 Å². The van der Waals surface area contributed by atoms with Gasteiger partial charge in [-0.3, -0.25) is 0 Å². The molecule has 2 aromatic carbocycles. The number of benzene rings is 2. The second-order valence-electron chi connectivity index (χ2n) is 5.74. The van der Waals surface area contributed by atoms with Gasteiger partial charge in [-0.25, -0.2) is 4.98 Å². The average molecular weight is 374 g/mol. The Kier molecular flexibility index (Phi) is 5.16. The van der Waals surface area contributed by atoms with Crippen LogP contribution in [0.4, 0.5) is 36.3 Å². The van der Waals surface area contributed by atoms with E-state index in [-0.39, 0.29) is 17.5 Å². The minimum atomic E-state index is -4.46. The van der Waals surface area contributed by atoms with E-state index < -0.39 is 11.7 Å². The molecule has 0 bridgehead atoms. The highest BCUT2D eigenvalue weighted by Gasteiger charge is 2.33. The molecule has 1 heterocycles. The number of aromatic nitrogens is 2. The summed E-state index contributed by atoms with van der Waals surface area (Å²) < 4.78 is 44.6. The van der Waals surface area contributed by atoms with Crippen molar-refractivity contribution in [2.45, 2.75) is 13.1 Å². The van der Waals surface area contributed by atoms with Crippen LogP contribution in [0.15, 0.2) is 54.6 Å². The number of halogens is 3. The van der Waals surface area contributed by atoms with Gasteiger partial charge in [-0.2, -0.15) is 18.2 Å². The summed E-state index contributed by atoms with van der Waals surface area (Å²) in [6, 6.07) is 14.0. The minimum Gasteiger partial charge on any atom is -0.497 e. The van der Waals surface area contributed by atoms with Gasteiger partial charge in [0.1, 0.15) is 11.6 Å². The van der Waals surface area contributed by atoms with Crippen LogP contribution >= 0.6 is 0 Å². The third-order valence-electron chi connectivity index (χ3n) is 3.70. The number of para-hydroxylation sites is 1. The lowest BCUT2D eigenvalue weighted by Gasteiger charge is -2.15. The van der Waals surface area contributed by atoms with Gasteiger partial charge in [-0.15, -0.1) is 0 Å². The summed E-state index contributed by atoms with van der Waals surface area (Å²) in [7, 11) is 1.57. The van der Waals surface area contributed by atoms with Crippen LogP contribution in [-0.4, -0.2) is 17.1 Å². The Morgan fingerprint density at radius 3 is 2.30 bits per heavy atom. The predicted molar refractivity (Wildman–Crippen MR) is 97.8 cm³/mol. The zero-order chi connectivity index (χ0) is 19.4. The van der Waals surface area contributed by atoms with Crippen molar-refractivity contribution in [3.05, 3.63) is 65.9 Å². The van der Waals surface area contributed by atoms with E-state index in [9.17, 15) is 13.2 Å². The fourth-order valence-corrected chi connectivity index (χ4v) is 2.47. The molecule has 0 aliphatic carbocycles. The van der Waals surface area contributed by atoms with Crippen molar-refractivity contribution in [1.29, 1.82) is 0 Å². The molecule has 5 nitrogen and oxygen atoms in total. The van der Waals surface area contributed by atoms with Crippen molar-refractivity contribution in [2.24, 2.45) is 0 Å². The first kappa shape index (κ1) is 18.5. The second kappa shape index (κ2) is 7.53. The van der Waals surface area contributed by atoms with Gasteiger partial charge in [0.2, 0.25) is 5.95 Å². The fourth-order valence-electron chi connectivity index (χ4n) is 2.47. The van der Waals surface area contributed by atoms with Crippen molar-refractivity contribution in [2.75, 3.05) is 17.7 Å². The Bertz CT molecular complexity index is 927. The summed E-state index contributed by atoms with van der Waals surface area (Å²) in [5, 5.41) is 5.76. The molecule has 27 heavy (non-hydrogen) atoms. The molecule has 0 radical (unpaired) electrons. The van der Waals surface area contributed by atoms with Gasteiger partial charge >= 0.3 is 6.18 Å². The standard InChI is InChI=1S/C19H17F3N4O/c1-12-11-17(25-16-6-4-3-5-15(16)19(20,21)22)26-18(23-12)24-13-7-9-14(27-2)10-8-13/h3-11H,1-2H3,(H2,23,24,25,26). The monoisotopic (exact) mass is 374 g/mol. The molecule has 3 aromatic rings. The summed E-state index contributed by atoms with van der Waals surface area (Å²) in [5.74, 6) is 1.24. The van der Waals surface area contributed by atoms with Gasteiger partial charge in [0.25, 0.3) is 0 Å². The third kappa shape index (κ3) is 4.66. The normalized spacial score (nSPS) is 11.1. The highest BCUT2D eigenvalue weighted by atomic mass is 19.4. The molecule has 0 fully saturated rings. The first-order valence-corrected chi connectivity index (χ1v) is 8.05. The summed E-state index contributed by atoms with van der Waals surface area (Å²) in [5.41, 5.74) is 0.500. The van der Waals surface area contributed by atoms with Crippen molar-refractivity contribution in [3.63, 3.8) is 0 Å². The molecule has 0 aliphatic heterocycles. The van der Waals surface area contributed by atoms with Crippen molar-refractivity contribution in [1.82, 2.24) is 9.97 Å². The minimum absolute atomic E-state index is 0.0708. The second-order valence-corrected chi connectivity index (χ2v) is 5.74. The van der Waals surface area contributed by atoms with Gasteiger partial charge in [0.15, 0.2) is 0 Å². The third-order valence-corrected chi connectivity index (χ3v) is 3.70. The van der Waals surface area contributed by atoms with E-state index in [4.69, 9.17) is 4.74 Å². The lowest BCUT2D eigenvalue weighted by molar-refractivity contribution is -0.136. The van der Waals surface area contributed by atoms with Crippen LogP contribution in [0.1, 0.15) is 11.3 Å². The Morgan fingerprint density at radius 1 is 0.926 bits per heavy atom. The number of ether oxygens (including phenoxy) is 1. The van der Waals surface area contributed by atoms with Crippen LogP contribution in [0.5, 0.6) is 5.75 Å². The number of hydrogen-bond donors (Lipinski definition) is 2. The van der Waals surface area contributed by atoms with Crippen LogP contribution in [0, 0.1) is 6.92 Å². The maximum Gasteiger partial charge on any atom is 0.418 e. The largest absolute Gasteiger partial charge is 0.497 e. The van der Waals surface area contributed by atoms with Crippen LogP contribution in [-0.2, 0) is 6.18 Å². The predicted octanol–water partition coefficient (Wildman–Crippen LogP) is 5.30. The molecular formula is C19H17F3N4O. The number of hydrogen-bond acceptors (Lipinski definition) is 5. The summed E-state index contributed by atoms with van der Waals surface area (Å²) in [4.78, 5) is 8.53. The Hall–Kier alpha value is -3.29. The van der Waals surface area contributed by atoms with Crippen molar-refractivity contribution < 1.29 is 17.9 Å². The van der Waals surface area contributed by atoms with Crippen LogP contribution in [0.25, 0.3) is 0 Å². The van der Waals surface area contributed by atoms with E-state index in [0.717, 1.165) is 11.8 Å². The van der Waals surface area contributed by atoms with E-state index in [2.05, 4.69) is 20.6 Å². The fraction of sp³-hybridized carbons (Fsp3) is 0.158. The number of alkyl halides is 3. The summed E-state index contributed by atoms with van der Waals surface area (Å²) in [6.07, 6.45) is -4.46. The molecule has 0 saturated carbocycles. The Balaban J connectivity index is 1.86. The van der Waals surface area contributed by atoms with Crippen LogP contribution in [0.2, 0.25) is 0 Å². The summed E-state index contributed by atoms with van der Waals surface area (Å²) in [6.45, 7) is 1.74. The van der Waals surface area contributed by atoms with E-state index in [0.29, 0.717) is 11.4 Å². The molecule has 0 aliphatic rings. The van der Waals surface area contributed by atoms with Gasteiger partial charge in [-0.05, 0) is 43.3 Å². The molecule has 3 rings (SSSR count). The number of anilines is 4. The molecule has 1 aromatic heterocycles. The molecule has 0 atom stereocenters. The Morgan fingerprint density at radius 2 is 1.63 bits per heavy atom. The SMILES string of the molecule is COc1ccc(Nc2nc(C)cc(Nc3ccccc3C(F)(F)F)n2)cc1. The highest BCUT2D eigenvalue weighted by Crippen LogP contribution is 2.35. The maximum absolute atomic E-state index is 13.2. The van der Waals surface area contributed by atoms with Crippen molar-refractivity contribution >= 4 is 23.1 Å². The summed E-state index contributed by atoms with van der Waals surface area (Å²) >= 11 is 0. The maximum atomic E-state index is 13.2. The quantitative estimate of drug-likeness (QED) is 0.635. The molecule has 0 spiro atoms. The molecule has 0 saturated heterocycles. The first-order chi connectivity index (χ1) is 12.8. The number of methoxy groups -OCH3 is 1. The average Bonchev–Trinajstić information content (AvgIpc) is 2.61. The molecule has 8 heteroatoms. The Labute approximate surface area is 154 Å². The topological polar surface area (TPSA) is 59.1 Å². The van der Waals surface area contributed by atoms with Gasteiger partial charge in [0.05, 0.1) is 18.4 Å². The van der Waals surface area contributed by atoms with Crippen molar-refractivity contribution in [3.8, 4) is 5.75 Å². The number of nitrogens with zero attached hydrogens (tertiary/aromatic N) is 2. The van der Waals surface area contributed by atoms with E-state index in [1.165, 1.54) is 18.2 Å². The lowest BCUT2D eigenvalue weighted by atomic mass is 10.1.